The van der Waals surface area contributed by atoms with Gasteiger partial charge in [0.1, 0.15) is 5.60 Å². The van der Waals surface area contributed by atoms with Gasteiger partial charge in [-0.05, 0) is 33.6 Å². The summed E-state index contributed by atoms with van der Waals surface area (Å²) in [7, 11) is 1.61. The SMILES string of the molecule is COCCNC(=O)CN1CCC(NC(=O)OC(C)(C)C)CC1. The van der Waals surface area contributed by atoms with Gasteiger partial charge in [0.05, 0.1) is 13.2 Å². The second kappa shape index (κ2) is 8.95. The smallest absolute Gasteiger partial charge is 0.407 e. The Morgan fingerprint density at radius 2 is 1.86 bits per heavy atom. The van der Waals surface area contributed by atoms with Gasteiger partial charge in [-0.2, -0.15) is 0 Å². The standard InChI is InChI=1S/C15H29N3O4/c1-15(2,3)22-14(20)17-12-5-8-18(9-6-12)11-13(19)16-7-10-21-4/h12H,5-11H2,1-4H3,(H,16,19)(H,17,20). The maximum Gasteiger partial charge on any atom is 0.407 e. The molecule has 0 spiro atoms. The third-order valence-corrected chi connectivity index (χ3v) is 3.30. The number of nitrogens with zero attached hydrogens (tertiary/aromatic N) is 1. The zero-order valence-electron chi connectivity index (χ0n) is 14.1. The summed E-state index contributed by atoms with van der Waals surface area (Å²) >= 11 is 0. The van der Waals surface area contributed by atoms with Gasteiger partial charge in [-0.3, -0.25) is 9.69 Å². The lowest BCUT2D eigenvalue weighted by Crippen LogP contribution is -2.48. The average Bonchev–Trinajstić information content (AvgIpc) is 2.39. The fraction of sp³-hybridized carbons (Fsp3) is 0.867. The first-order valence-electron chi connectivity index (χ1n) is 7.77. The molecule has 0 aromatic rings. The molecule has 1 heterocycles. The molecule has 1 saturated heterocycles. The summed E-state index contributed by atoms with van der Waals surface area (Å²) in [5.74, 6) is 0.00982. The number of nitrogens with one attached hydrogen (secondary N) is 2. The zero-order chi connectivity index (χ0) is 16.6. The predicted molar refractivity (Wildman–Crippen MR) is 83.7 cm³/mol. The molecule has 1 aliphatic rings. The first-order chi connectivity index (χ1) is 10.3. The minimum atomic E-state index is -0.481. The Morgan fingerprint density at radius 3 is 2.41 bits per heavy atom. The van der Waals surface area contributed by atoms with Gasteiger partial charge in [0.2, 0.25) is 5.91 Å². The van der Waals surface area contributed by atoms with Crippen molar-refractivity contribution in [2.24, 2.45) is 0 Å². The highest BCUT2D eigenvalue weighted by atomic mass is 16.6. The van der Waals surface area contributed by atoms with Gasteiger partial charge in [-0.25, -0.2) is 4.79 Å². The van der Waals surface area contributed by atoms with E-state index in [0.717, 1.165) is 25.9 Å². The minimum absolute atomic E-state index is 0.00982. The van der Waals surface area contributed by atoms with Crippen molar-refractivity contribution < 1.29 is 19.1 Å². The van der Waals surface area contributed by atoms with Gasteiger partial charge in [-0.15, -0.1) is 0 Å². The lowest BCUT2D eigenvalue weighted by molar-refractivity contribution is -0.122. The molecule has 1 aliphatic heterocycles. The summed E-state index contributed by atoms with van der Waals surface area (Å²) in [6, 6.07) is 0.114. The summed E-state index contributed by atoms with van der Waals surface area (Å²) < 4.78 is 10.1. The molecule has 0 atom stereocenters. The van der Waals surface area contributed by atoms with Gasteiger partial charge in [0.15, 0.2) is 0 Å². The monoisotopic (exact) mass is 315 g/mol. The molecule has 0 unspecified atom stereocenters. The Kier molecular flexibility index (Phi) is 7.61. The summed E-state index contributed by atoms with van der Waals surface area (Å²) in [5, 5.41) is 5.69. The molecule has 0 bridgehead atoms. The van der Waals surface area contributed by atoms with E-state index in [4.69, 9.17) is 9.47 Å². The van der Waals surface area contributed by atoms with E-state index in [2.05, 4.69) is 15.5 Å². The Labute approximate surface area is 132 Å². The molecule has 0 aromatic carbocycles. The van der Waals surface area contributed by atoms with Crippen molar-refractivity contribution in [3.05, 3.63) is 0 Å². The Bertz CT molecular complexity index is 360. The largest absolute Gasteiger partial charge is 0.444 e. The molecule has 22 heavy (non-hydrogen) atoms. The molecule has 2 amide bonds. The number of ether oxygens (including phenoxy) is 2. The molecule has 2 N–H and O–H groups in total. The van der Waals surface area contributed by atoms with Crippen LogP contribution in [0.15, 0.2) is 0 Å². The summed E-state index contributed by atoms with van der Waals surface area (Å²) in [4.78, 5) is 25.5. The summed E-state index contributed by atoms with van der Waals surface area (Å²) in [6.45, 7) is 8.56. The fourth-order valence-electron chi connectivity index (χ4n) is 2.26. The topological polar surface area (TPSA) is 79.9 Å². The van der Waals surface area contributed by atoms with Crippen LogP contribution in [0.2, 0.25) is 0 Å². The summed E-state index contributed by atoms with van der Waals surface area (Å²) in [5.41, 5.74) is -0.481. The van der Waals surface area contributed by atoms with Crippen LogP contribution in [0.3, 0.4) is 0 Å². The molecule has 0 saturated carbocycles. The van der Waals surface area contributed by atoms with Crippen LogP contribution in [0.1, 0.15) is 33.6 Å². The first-order valence-corrected chi connectivity index (χ1v) is 7.77. The molecule has 1 fully saturated rings. The van der Waals surface area contributed by atoms with Gasteiger partial charge in [-0.1, -0.05) is 0 Å². The summed E-state index contributed by atoms with van der Waals surface area (Å²) in [6.07, 6.45) is 1.28. The maximum atomic E-state index is 11.7. The van der Waals surface area contributed by atoms with Gasteiger partial charge in [0.25, 0.3) is 0 Å². The van der Waals surface area contributed by atoms with Crippen LogP contribution < -0.4 is 10.6 Å². The van der Waals surface area contributed by atoms with E-state index < -0.39 is 5.60 Å². The van der Waals surface area contributed by atoms with Crippen molar-refractivity contribution >= 4 is 12.0 Å². The lowest BCUT2D eigenvalue weighted by atomic mass is 10.1. The molecule has 1 rings (SSSR count). The highest BCUT2D eigenvalue weighted by Gasteiger charge is 2.24. The van der Waals surface area contributed by atoms with Crippen LogP contribution in [0.4, 0.5) is 4.79 Å². The van der Waals surface area contributed by atoms with E-state index in [0.29, 0.717) is 19.7 Å². The molecule has 0 aromatic heterocycles. The van der Waals surface area contributed by atoms with Crippen molar-refractivity contribution in [1.82, 2.24) is 15.5 Å². The normalized spacial score (nSPS) is 17.1. The predicted octanol–water partition coefficient (Wildman–Crippen LogP) is 0.738. The number of alkyl carbamates (subject to hydrolysis) is 1. The highest BCUT2D eigenvalue weighted by Crippen LogP contribution is 2.12. The van der Waals surface area contributed by atoms with Crippen LogP contribution >= 0.6 is 0 Å². The lowest BCUT2D eigenvalue weighted by Gasteiger charge is -2.32. The number of piperidine rings is 1. The van der Waals surface area contributed by atoms with Crippen molar-refractivity contribution in [2.75, 3.05) is 39.9 Å². The number of hydrogen-bond acceptors (Lipinski definition) is 5. The van der Waals surface area contributed by atoms with E-state index in [9.17, 15) is 9.59 Å². The van der Waals surface area contributed by atoms with Gasteiger partial charge < -0.3 is 20.1 Å². The molecule has 7 nitrogen and oxygen atoms in total. The second-order valence-electron chi connectivity index (χ2n) is 6.54. The Hall–Kier alpha value is -1.34. The van der Waals surface area contributed by atoms with Crippen LogP contribution in [-0.4, -0.2) is 68.4 Å². The number of likely N-dealkylation sites (tertiary alicyclic amines) is 1. The minimum Gasteiger partial charge on any atom is -0.444 e. The van der Waals surface area contributed by atoms with Gasteiger partial charge >= 0.3 is 6.09 Å². The number of carbonyl (C=O) groups excluding carboxylic acids is 2. The number of amides is 2. The van der Waals surface area contributed by atoms with Crippen LogP contribution in [0, 0.1) is 0 Å². The molecule has 128 valence electrons. The van der Waals surface area contributed by atoms with Crippen molar-refractivity contribution in [1.29, 1.82) is 0 Å². The number of hydrogen-bond donors (Lipinski definition) is 2. The van der Waals surface area contributed by atoms with Crippen LogP contribution in [0.5, 0.6) is 0 Å². The Balaban J connectivity index is 2.20. The first kappa shape index (κ1) is 18.7. The number of rotatable bonds is 6. The van der Waals surface area contributed by atoms with Gasteiger partial charge in [0, 0.05) is 32.8 Å². The van der Waals surface area contributed by atoms with E-state index in [1.807, 2.05) is 20.8 Å². The van der Waals surface area contributed by atoms with Crippen molar-refractivity contribution in [3.63, 3.8) is 0 Å². The van der Waals surface area contributed by atoms with Crippen molar-refractivity contribution in [3.8, 4) is 0 Å². The quantitative estimate of drug-likeness (QED) is 0.707. The molecule has 0 radical (unpaired) electrons. The second-order valence-corrected chi connectivity index (χ2v) is 6.54. The average molecular weight is 315 g/mol. The van der Waals surface area contributed by atoms with Crippen LogP contribution in [0.25, 0.3) is 0 Å². The molecule has 7 heteroatoms. The molecular weight excluding hydrogens is 286 g/mol. The van der Waals surface area contributed by atoms with Crippen molar-refractivity contribution in [2.45, 2.75) is 45.3 Å². The zero-order valence-corrected chi connectivity index (χ0v) is 14.1. The third kappa shape index (κ3) is 8.19. The number of methoxy groups -OCH3 is 1. The Morgan fingerprint density at radius 1 is 1.23 bits per heavy atom. The fourth-order valence-corrected chi connectivity index (χ4v) is 2.26. The highest BCUT2D eigenvalue weighted by molar-refractivity contribution is 5.78. The van der Waals surface area contributed by atoms with E-state index in [1.54, 1.807) is 7.11 Å². The van der Waals surface area contributed by atoms with E-state index in [1.165, 1.54) is 0 Å². The maximum absolute atomic E-state index is 11.7. The van der Waals surface area contributed by atoms with E-state index in [-0.39, 0.29) is 18.0 Å². The number of carbonyl (C=O) groups is 2. The molecular formula is C15H29N3O4. The molecule has 0 aliphatic carbocycles. The van der Waals surface area contributed by atoms with Crippen LogP contribution in [-0.2, 0) is 14.3 Å². The van der Waals surface area contributed by atoms with E-state index >= 15 is 0 Å². The third-order valence-electron chi connectivity index (χ3n) is 3.30.